The van der Waals surface area contributed by atoms with Gasteiger partial charge in [0.25, 0.3) is 5.91 Å². The SMILES string of the molecule is CN(Cc1ccncc1)C(=O)C1(n2cccn2)CCNCC1. The fourth-order valence-corrected chi connectivity index (χ4v) is 3.09. The second-order valence-electron chi connectivity index (χ2n) is 5.75. The van der Waals surface area contributed by atoms with E-state index in [4.69, 9.17) is 0 Å². The summed E-state index contributed by atoms with van der Waals surface area (Å²) in [6.45, 7) is 2.24. The van der Waals surface area contributed by atoms with Gasteiger partial charge in [-0.25, -0.2) is 0 Å². The molecule has 2 aromatic rings. The van der Waals surface area contributed by atoms with Gasteiger partial charge in [-0.2, -0.15) is 5.10 Å². The van der Waals surface area contributed by atoms with Gasteiger partial charge >= 0.3 is 0 Å². The highest BCUT2D eigenvalue weighted by atomic mass is 16.2. The molecule has 1 saturated heterocycles. The molecule has 0 atom stereocenters. The first-order valence-corrected chi connectivity index (χ1v) is 7.58. The average molecular weight is 299 g/mol. The molecule has 0 unspecified atom stereocenters. The highest BCUT2D eigenvalue weighted by Crippen LogP contribution is 2.29. The van der Waals surface area contributed by atoms with Crippen molar-refractivity contribution in [2.45, 2.75) is 24.9 Å². The first kappa shape index (κ1) is 14.7. The molecular formula is C16H21N5O. The van der Waals surface area contributed by atoms with E-state index in [1.807, 2.05) is 36.1 Å². The molecule has 1 fully saturated rings. The molecule has 6 nitrogen and oxygen atoms in total. The third kappa shape index (κ3) is 2.74. The zero-order valence-corrected chi connectivity index (χ0v) is 12.8. The molecule has 0 aliphatic carbocycles. The van der Waals surface area contributed by atoms with Gasteiger partial charge in [-0.1, -0.05) is 0 Å². The summed E-state index contributed by atoms with van der Waals surface area (Å²) < 4.78 is 1.83. The summed E-state index contributed by atoms with van der Waals surface area (Å²) in [5, 5.41) is 7.68. The van der Waals surface area contributed by atoms with Crippen molar-refractivity contribution < 1.29 is 4.79 Å². The summed E-state index contributed by atoms with van der Waals surface area (Å²) in [7, 11) is 1.86. The zero-order valence-electron chi connectivity index (χ0n) is 12.8. The van der Waals surface area contributed by atoms with E-state index in [9.17, 15) is 4.79 Å². The highest BCUT2D eigenvalue weighted by molar-refractivity contribution is 5.84. The Bertz CT molecular complexity index is 605. The zero-order chi connectivity index (χ0) is 15.4. The molecule has 1 aliphatic heterocycles. The van der Waals surface area contributed by atoms with Gasteiger partial charge in [0.1, 0.15) is 5.54 Å². The van der Waals surface area contributed by atoms with Crippen LogP contribution in [0.15, 0.2) is 43.0 Å². The summed E-state index contributed by atoms with van der Waals surface area (Å²) in [5.74, 6) is 0.120. The quantitative estimate of drug-likeness (QED) is 0.915. The lowest BCUT2D eigenvalue weighted by atomic mass is 9.86. The number of carbonyl (C=O) groups excluding carboxylic acids is 1. The number of nitrogens with one attached hydrogen (secondary N) is 1. The second-order valence-corrected chi connectivity index (χ2v) is 5.75. The summed E-state index contributed by atoms with van der Waals surface area (Å²) >= 11 is 0. The Morgan fingerprint density at radius 2 is 2.05 bits per heavy atom. The van der Waals surface area contributed by atoms with Crippen LogP contribution < -0.4 is 5.32 Å². The Morgan fingerprint density at radius 3 is 2.68 bits per heavy atom. The topological polar surface area (TPSA) is 63.1 Å². The molecule has 3 heterocycles. The minimum Gasteiger partial charge on any atom is -0.339 e. The van der Waals surface area contributed by atoms with Gasteiger partial charge < -0.3 is 10.2 Å². The number of rotatable bonds is 4. The van der Waals surface area contributed by atoms with Gasteiger partial charge in [0.2, 0.25) is 0 Å². The van der Waals surface area contributed by atoms with Gasteiger partial charge in [-0.05, 0) is 49.7 Å². The van der Waals surface area contributed by atoms with Gasteiger partial charge in [0.15, 0.2) is 0 Å². The van der Waals surface area contributed by atoms with E-state index >= 15 is 0 Å². The number of nitrogens with zero attached hydrogens (tertiary/aromatic N) is 4. The predicted octanol–water partition coefficient (Wildman–Crippen LogP) is 1.02. The van der Waals surface area contributed by atoms with Crippen molar-refractivity contribution in [1.29, 1.82) is 0 Å². The Hall–Kier alpha value is -2.21. The van der Waals surface area contributed by atoms with Crippen LogP contribution in [0.4, 0.5) is 0 Å². The first-order chi connectivity index (χ1) is 10.7. The van der Waals surface area contributed by atoms with E-state index in [0.717, 1.165) is 31.5 Å². The summed E-state index contributed by atoms with van der Waals surface area (Å²) in [6, 6.07) is 5.75. The lowest BCUT2D eigenvalue weighted by Gasteiger charge is -2.39. The molecule has 0 aromatic carbocycles. The van der Waals surface area contributed by atoms with E-state index in [2.05, 4.69) is 15.4 Å². The maximum absolute atomic E-state index is 13.1. The van der Waals surface area contributed by atoms with Crippen molar-refractivity contribution in [3.05, 3.63) is 48.5 Å². The fraction of sp³-hybridized carbons (Fsp3) is 0.438. The standard InChI is InChI=1S/C16H21N5O/c1-20(13-14-3-8-17-9-4-14)15(22)16(5-10-18-11-6-16)21-12-2-7-19-21/h2-4,7-9,12,18H,5-6,10-11,13H2,1H3. The number of aromatic nitrogens is 3. The van der Waals surface area contributed by atoms with Crippen LogP contribution in [-0.4, -0.2) is 45.7 Å². The van der Waals surface area contributed by atoms with Crippen molar-refractivity contribution in [2.24, 2.45) is 0 Å². The minimum absolute atomic E-state index is 0.120. The summed E-state index contributed by atoms with van der Waals surface area (Å²) in [4.78, 5) is 19.0. The smallest absolute Gasteiger partial charge is 0.250 e. The Balaban J connectivity index is 1.83. The first-order valence-electron chi connectivity index (χ1n) is 7.58. The fourth-order valence-electron chi connectivity index (χ4n) is 3.09. The van der Waals surface area contributed by atoms with Crippen molar-refractivity contribution in [3.8, 4) is 0 Å². The molecule has 1 amide bonds. The van der Waals surface area contributed by atoms with Crippen LogP contribution in [0.5, 0.6) is 0 Å². The maximum Gasteiger partial charge on any atom is 0.250 e. The van der Waals surface area contributed by atoms with E-state index in [-0.39, 0.29) is 5.91 Å². The Morgan fingerprint density at radius 1 is 1.32 bits per heavy atom. The minimum atomic E-state index is -0.573. The third-order valence-corrected chi connectivity index (χ3v) is 4.29. The van der Waals surface area contributed by atoms with Crippen LogP contribution in [0.1, 0.15) is 18.4 Å². The largest absolute Gasteiger partial charge is 0.339 e. The highest BCUT2D eigenvalue weighted by Gasteiger charge is 2.43. The average Bonchev–Trinajstić information content (AvgIpc) is 3.11. The molecular weight excluding hydrogens is 278 g/mol. The summed E-state index contributed by atoms with van der Waals surface area (Å²) in [5.41, 5.74) is 0.506. The van der Waals surface area contributed by atoms with Gasteiger partial charge in [0, 0.05) is 38.4 Å². The van der Waals surface area contributed by atoms with Gasteiger partial charge in [-0.15, -0.1) is 0 Å². The third-order valence-electron chi connectivity index (χ3n) is 4.29. The number of hydrogen-bond acceptors (Lipinski definition) is 4. The lowest BCUT2D eigenvalue weighted by molar-refractivity contribution is -0.142. The van der Waals surface area contributed by atoms with E-state index in [1.165, 1.54) is 0 Å². The van der Waals surface area contributed by atoms with E-state index in [0.29, 0.717) is 6.54 Å². The van der Waals surface area contributed by atoms with Crippen molar-refractivity contribution in [3.63, 3.8) is 0 Å². The normalized spacial score (nSPS) is 17.1. The summed E-state index contributed by atoms with van der Waals surface area (Å²) in [6.07, 6.45) is 8.65. The molecule has 3 rings (SSSR count). The number of amides is 1. The van der Waals surface area contributed by atoms with Crippen LogP contribution in [0.2, 0.25) is 0 Å². The van der Waals surface area contributed by atoms with Crippen LogP contribution in [0.3, 0.4) is 0 Å². The number of pyridine rings is 1. The molecule has 0 radical (unpaired) electrons. The van der Waals surface area contributed by atoms with Crippen molar-refractivity contribution in [2.75, 3.05) is 20.1 Å². The number of carbonyl (C=O) groups is 1. The van der Waals surface area contributed by atoms with Gasteiger partial charge in [-0.3, -0.25) is 14.5 Å². The Kier molecular flexibility index (Phi) is 4.20. The lowest BCUT2D eigenvalue weighted by Crippen LogP contribution is -2.54. The predicted molar refractivity (Wildman–Crippen MR) is 83.0 cm³/mol. The van der Waals surface area contributed by atoms with E-state index < -0.39 is 5.54 Å². The van der Waals surface area contributed by atoms with Crippen LogP contribution in [0.25, 0.3) is 0 Å². The molecule has 0 bridgehead atoms. The Labute approximate surface area is 130 Å². The van der Waals surface area contributed by atoms with E-state index in [1.54, 1.807) is 23.5 Å². The van der Waals surface area contributed by atoms with Crippen molar-refractivity contribution >= 4 is 5.91 Å². The molecule has 116 valence electrons. The molecule has 6 heteroatoms. The number of likely N-dealkylation sites (N-methyl/N-ethyl adjacent to an activating group) is 1. The number of piperidine rings is 1. The molecule has 1 aliphatic rings. The molecule has 0 saturated carbocycles. The second kappa shape index (κ2) is 6.27. The molecule has 2 aromatic heterocycles. The monoisotopic (exact) mass is 299 g/mol. The number of hydrogen-bond donors (Lipinski definition) is 1. The van der Waals surface area contributed by atoms with Crippen LogP contribution >= 0.6 is 0 Å². The van der Waals surface area contributed by atoms with Crippen LogP contribution in [0, 0.1) is 0 Å². The molecule has 0 spiro atoms. The maximum atomic E-state index is 13.1. The molecule has 1 N–H and O–H groups in total. The van der Waals surface area contributed by atoms with Crippen molar-refractivity contribution in [1.82, 2.24) is 25.0 Å². The van der Waals surface area contributed by atoms with Crippen LogP contribution in [-0.2, 0) is 16.9 Å². The van der Waals surface area contributed by atoms with Gasteiger partial charge in [0.05, 0.1) is 0 Å². The molecule has 22 heavy (non-hydrogen) atoms.